The second-order valence-electron chi connectivity index (χ2n) is 19.9. The molecule has 1 amide bonds. The van der Waals surface area contributed by atoms with E-state index in [1.54, 1.807) is 57.5 Å². The number of aromatic amines is 1. The summed E-state index contributed by atoms with van der Waals surface area (Å²) in [5.74, 6) is -4.67. The van der Waals surface area contributed by atoms with E-state index in [1.165, 1.54) is 19.4 Å². The molecule has 4 aromatic rings. The van der Waals surface area contributed by atoms with Gasteiger partial charge in [0.1, 0.15) is 18.1 Å². The molecule has 8 atom stereocenters. The van der Waals surface area contributed by atoms with Gasteiger partial charge in [-0.2, -0.15) is 0 Å². The van der Waals surface area contributed by atoms with E-state index in [4.69, 9.17) is 50.4 Å². The van der Waals surface area contributed by atoms with E-state index < -0.39 is 65.6 Å². The lowest BCUT2D eigenvalue weighted by Gasteiger charge is -2.39. The minimum atomic E-state index is -1.80. The van der Waals surface area contributed by atoms with Crippen LogP contribution in [0.3, 0.4) is 0 Å². The molecule has 2 heterocycles. The Balaban J connectivity index is 1.41. The van der Waals surface area contributed by atoms with Crippen LogP contribution in [-0.4, -0.2) is 152 Å². The minimum absolute atomic E-state index is 0.0897. The molecule has 1 aliphatic carbocycles. The second-order valence-corrected chi connectivity index (χ2v) is 19.9. The van der Waals surface area contributed by atoms with Gasteiger partial charge in [0.05, 0.1) is 119 Å². The second kappa shape index (κ2) is 31.8. The number of ketones is 3. The first-order valence-corrected chi connectivity index (χ1v) is 26.7. The van der Waals surface area contributed by atoms with E-state index in [1.807, 2.05) is 19.9 Å². The predicted octanol–water partition coefficient (Wildman–Crippen LogP) is 4.87. The summed E-state index contributed by atoms with van der Waals surface area (Å²) in [5, 5.41) is 28.4. The molecule has 0 saturated heterocycles. The van der Waals surface area contributed by atoms with Crippen molar-refractivity contribution in [2.24, 2.45) is 46.8 Å². The van der Waals surface area contributed by atoms with Crippen molar-refractivity contribution in [2.45, 2.75) is 116 Å². The third kappa shape index (κ3) is 17.4. The first-order valence-electron chi connectivity index (χ1n) is 26.7. The maximum atomic E-state index is 15.3. The van der Waals surface area contributed by atoms with Crippen LogP contribution in [0.25, 0.3) is 10.8 Å². The third-order valence-corrected chi connectivity index (χ3v) is 14.2. The average Bonchev–Trinajstić information content (AvgIpc) is 3.95. The van der Waals surface area contributed by atoms with Gasteiger partial charge in [0.25, 0.3) is 0 Å². The summed E-state index contributed by atoms with van der Waals surface area (Å²) in [5.41, 5.74) is 20.2. The number of pyridine rings is 1. The standard InChI is InChI=1S/C56H83N7O13/c1-7-35(4)49(58)56(69)62-32-43-47(36(5)64)55(76-45-18-12-15-39-40(45)16-11-17-44(39)75-28-27-74-26-25-73-24-23-72-22-21-71-20-19-70-6)41(31-61-43)51(65)46(34(2)3)53(67)54(68)50(59)48(37-13-9-8-10-14-37)52(66)42(57)29-38-30-60-33-63-38/h11-12,15-18,30-31,33-35,37,42,46,48-50,53-54,67-68H,7-10,13-14,19-29,32,57-59H2,1-6H3,(H,60,63)(H,62,69)/t35-,42+,46?,48?,49+,50?,53?,54?/m1/s1. The number of hydrogen-bond donors (Lipinski definition) is 7. The summed E-state index contributed by atoms with van der Waals surface area (Å²) in [6.07, 6.45) is 5.70. The zero-order valence-corrected chi connectivity index (χ0v) is 45.2. The Hall–Kier alpha value is -5.26. The zero-order chi connectivity index (χ0) is 55.1. The van der Waals surface area contributed by atoms with Crippen molar-refractivity contribution in [3.05, 3.63) is 77.6 Å². The molecule has 420 valence electrons. The lowest BCUT2D eigenvalue weighted by molar-refractivity contribution is -0.130. The summed E-state index contributed by atoms with van der Waals surface area (Å²) in [7, 11) is 1.62. The Morgan fingerprint density at radius 3 is 1.95 bits per heavy atom. The lowest BCUT2D eigenvalue weighted by atomic mass is 9.70. The molecule has 2 aromatic carbocycles. The molecule has 10 N–H and O–H groups in total. The van der Waals surface area contributed by atoms with E-state index in [0.717, 1.165) is 19.3 Å². The molecule has 5 unspecified atom stereocenters. The van der Waals surface area contributed by atoms with Crippen molar-refractivity contribution in [3.8, 4) is 17.2 Å². The van der Waals surface area contributed by atoms with Crippen LogP contribution >= 0.6 is 0 Å². The number of carbonyl (C=O) groups is 4. The molecule has 0 bridgehead atoms. The Morgan fingerprint density at radius 1 is 0.789 bits per heavy atom. The van der Waals surface area contributed by atoms with E-state index in [9.17, 15) is 24.6 Å². The first kappa shape index (κ1) is 61.6. The quantitative estimate of drug-likeness (QED) is 0.0236. The summed E-state index contributed by atoms with van der Waals surface area (Å²) in [6.45, 7) is 12.3. The number of nitrogens with one attached hydrogen (secondary N) is 2. The fourth-order valence-electron chi connectivity index (χ4n) is 9.70. The highest BCUT2D eigenvalue weighted by Crippen LogP contribution is 2.41. The molecular weight excluding hydrogens is 979 g/mol. The normalized spacial score (nSPS) is 16.4. The number of aliphatic hydroxyl groups excluding tert-OH is 2. The van der Waals surface area contributed by atoms with Gasteiger partial charge in [-0.05, 0) is 49.7 Å². The van der Waals surface area contributed by atoms with E-state index >= 15 is 4.79 Å². The number of hydrogen-bond acceptors (Lipinski definition) is 18. The van der Waals surface area contributed by atoms with Crippen LogP contribution in [-0.2, 0) is 46.2 Å². The van der Waals surface area contributed by atoms with Gasteiger partial charge in [0.15, 0.2) is 23.1 Å². The van der Waals surface area contributed by atoms with Crippen molar-refractivity contribution < 1.29 is 62.5 Å². The molecule has 5 rings (SSSR count). The van der Waals surface area contributed by atoms with Gasteiger partial charge in [-0.3, -0.25) is 24.2 Å². The smallest absolute Gasteiger partial charge is 0.237 e. The maximum absolute atomic E-state index is 15.3. The van der Waals surface area contributed by atoms with Crippen molar-refractivity contribution in [1.82, 2.24) is 20.3 Å². The van der Waals surface area contributed by atoms with Crippen LogP contribution < -0.4 is 32.0 Å². The summed E-state index contributed by atoms with van der Waals surface area (Å²) in [6, 6.07) is 7.55. The molecule has 20 nitrogen and oxygen atoms in total. The van der Waals surface area contributed by atoms with Crippen LogP contribution in [0.15, 0.2) is 55.1 Å². The molecule has 1 fully saturated rings. The Bertz CT molecular complexity index is 2420. The number of amides is 1. The number of aliphatic hydroxyl groups is 2. The molecule has 1 saturated carbocycles. The van der Waals surface area contributed by atoms with E-state index in [0.29, 0.717) is 94.3 Å². The highest BCUT2D eigenvalue weighted by atomic mass is 16.6. The highest BCUT2D eigenvalue weighted by Gasteiger charge is 2.45. The number of fused-ring (bicyclic) bond motifs is 1. The number of H-pyrrole nitrogens is 1. The third-order valence-electron chi connectivity index (χ3n) is 14.2. The van der Waals surface area contributed by atoms with Crippen LogP contribution in [0, 0.1) is 29.6 Å². The average molecular weight is 1060 g/mol. The number of nitrogens with zero attached hydrogens (tertiary/aromatic N) is 2. The van der Waals surface area contributed by atoms with Crippen LogP contribution in [0.4, 0.5) is 0 Å². The largest absolute Gasteiger partial charge is 0.491 e. The number of aromatic nitrogens is 3. The van der Waals surface area contributed by atoms with Gasteiger partial charge in [0, 0.05) is 54.4 Å². The monoisotopic (exact) mass is 1060 g/mol. The van der Waals surface area contributed by atoms with Gasteiger partial charge in [0.2, 0.25) is 5.91 Å². The van der Waals surface area contributed by atoms with Gasteiger partial charge in [-0.25, -0.2) is 4.98 Å². The van der Waals surface area contributed by atoms with Crippen molar-refractivity contribution in [3.63, 3.8) is 0 Å². The van der Waals surface area contributed by atoms with E-state index in [-0.39, 0.29) is 72.1 Å². The number of carbonyl (C=O) groups excluding carboxylic acids is 4. The molecule has 0 radical (unpaired) electrons. The number of imidazole rings is 1. The number of methoxy groups -OCH3 is 1. The molecule has 0 spiro atoms. The zero-order valence-electron chi connectivity index (χ0n) is 45.2. The van der Waals surface area contributed by atoms with Gasteiger partial charge in [-0.15, -0.1) is 0 Å². The van der Waals surface area contributed by atoms with Crippen LogP contribution in [0.2, 0.25) is 0 Å². The Morgan fingerprint density at radius 2 is 1.38 bits per heavy atom. The van der Waals surface area contributed by atoms with E-state index in [2.05, 4.69) is 20.3 Å². The number of Topliss-reactive ketones (excluding diaryl/α,β-unsaturated/α-hetero) is 3. The SMILES string of the molecule is CC[C@@H](C)[C@H](N)C(=O)NCc1ncc(C(=O)C(C(C)C)C(O)C(O)C(N)C(C(=O)[C@@H](N)Cc2cnc[nH]2)C2CCCCC2)c(Oc2cccc3c(OCCOCCOCCOCCOCCOC)cccc23)c1C(C)=O. The van der Waals surface area contributed by atoms with Crippen LogP contribution in [0.1, 0.15) is 105 Å². The van der Waals surface area contributed by atoms with Crippen molar-refractivity contribution in [1.29, 1.82) is 0 Å². The molecule has 76 heavy (non-hydrogen) atoms. The van der Waals surface area contributed by atoms with Crippen LogP contribution in [0.5, 0.6) is 17.2 Å². The molecule has 1 aliphatic rings. The fourth-order valence-corrected chi connectivity index (χ4v) is 9.70. The summed E-state index contributed by atoms with van der Waals surface area (Å²) in [4.78, 5) is 68.3. The highest BCUT2D eigenvalue weighted by molar-refractivity contribution is 6.07. The molecule has 20 heteroatoms. The number of nitrogens with two attached hydrogens (primary N) is 3. The molecule has 0 aliphatic heterocycles. The predicted molar refractivity (Wildman–Crippen MR) is 286 cm³/mol. The Kier molecular flexibility index (Phi) is 25.8. The lowest BCUT2D eigenvalue weighted by Crippen LogP contribution is -2.57. The number of ether oxygens (including phenoxy) is 7. The minimum Gasteiger partial charge on any atom is -0.491 e. The van der Waals surface area contributed by atoms with Gasteiger partial charge < -0.3 is 70.9 Å². The topological polar surface area (TPSA) is 305 Å². The number of rotatable bonds is 36. The summed E-state index contributed by atoms with van der Waals surface area (Å²) < 4.78 is 40.1. The van der Waals surface area contributed by atoms with Gasteiger partial charge in [-0.1, -0.05) is 77.6 Å². The van der Waals surface area contributed by atoms with Gasteiger partial charge >= 0.3 is 0 Å². The number of benzene rings is 2. The summed E-state index contributed by atoms with van der Waals surface area (Å²) >= 11 is 0. The van der Waals surface area contributed by atoms with Crippen molar-refractivity contribution >= 4 is 34.0 Å². The fraction of sp³-hybridized carbons (Fsp3) is 0.607. The molecular formula is C56H83N7O13. The van der Waals surface area contributed by atoms with Crippen molar-refractivity contribution in [2.75, 3.05) is 73.2 Å². The Labute approximate surface area is 446 Å². The first-order chi connectivity index (χ1) is 36.6. The molecule has 2 aromatic heterocycles. The maximum Gasteiger partial charge on any atom is 0.237 e.